The van der Waals surface area contributed by atoms with Crippen LogP contribution in [0, 0.1) is 0 Å². The minimum Gasteiger partial charge on any atom is -0.395 e. The van der Waals surface area contributed by atoms with Crippen molar-refractivity contribution >= 4 is 24.8 Å². The lowest BCUT2D eigenvalue weighted by Crippen LogP contribution is -2.40. The van der Waals surface area contributed by atoms with Gasteiger partial charge in [0.25, 0.3) is 0 Å². The molecule has 0 bridgehead atoms. The molecule has 0 aliphatic heterocycles. The highest BCUT2D eigenvalue weighted by atomic mass is 35.5. The van der Waals surface area contributed by atoms with Gasteiger partial charge in [0.15, 0.2) is 0 Å². The number of rotatable bonds is 10. The van der Waals surface area contributed by atoms with E-state index in [1.54, 1.807) is 6.08 Å². The van der Waals surface area contributed by atoms with Crippen molar-refractivity contribution in [1.82, 2.24) is 10.6 Å². The molecule has 0 saturated carbocycles. The molecule has 0 aliphatic carbocycles. The predicted molar refractivity (Wildman–Crippen MR) is 77.4 cm³/mol. The van der Waals surface area contributed by atoms with E-state index in [1.807, 2.05) is 6.92 Å². The lowest BCUT2D eigenvalue weighted by atomic mass is 10.2. The molecular weight excluding hydrogens is 263 g/mol. The SMILES string of the molecule is C=CC[C@@H](CO)NCCN[C@@H](CC)CO.Cl.Cl. The first-order chi connectivity index (χ1) is 7.28. The Morgan fingerprint density at radius 2 is 1.53 bits per heavy atom. The normalized spacial score (nSPS) is 13.1. The number of aliphatic hydroxyl groups excluding tert-OH is 2. The molecule has 0 aromatic heterocycles. The number of nitrogens with one attached hydrogen (secondary N) is 2. The second-order valence-corrected chi connectivity index (χ2v) is 3.60. The summed E-state index contributed by atoms with van der Waals surface area (Å²) in [5.41, 5.74) is 0. The largest absolute Gasteiger partial charge is 0.395 e. The molecule has 0 radical (unpaired) electrons. The van der Waals surface area contributed by atoms with Gasteiger partial charge in [-0.05, 0) is 12.8 Å². The van der Waals surface area contributed by atoms with Gasteiger partial charge in [0.1, 0.15) is 0 Å². The molecule has 0 spiro atoms. The van der Waals surface area contributed by atoms with Gasteiger partial charge in [-0.25, -0.2) is 0 Å². The third-order valence-electron chi connectivity index (χ3n) is 2.38. The van der Waals surface area contributed by atoms with Crippen LogP contribution in [0.25, 0.3) is 0 Å². The van der Waals surface area contributed by atoms with Crippen molar-refractivity contribution in [2.24, 2.45) is 0 Å². The standard InChI is InChI=1S/C11H24N2O2.2ClH/c1-3-5-11(9-15)13-7-6-12-10(4-2)8-14;;/h3,10-15H,1,4-9H2,2H3;2*1H/t10-,11-;;/m0../s1. The third-order valence-corrected chi connectivity index (χ3v) is 2.38. The lowest BCUT2D eigenvalue weighted by molar-refractivity contribution is 0.231. The van der Waals surface area contributed by atoms with Crippen molar-refractivity contribution in [3.8, 4) is 0 Å². The quantitative estimate of drug-likeness (QED) is 0.353. The van der Waals surface area contributed by atoms with Crippen LogP contribution >= 0.6 is 24.8 Å². The Kier molecular flexibility index (Phi) is 21.2. The topological polar surface area (TPSA) is 64.5 Å². The Hall–Kier alpha value is 0.160. The summed E-state index contributed by atoms with van der Waals surface area (Å²) in [6, 6.07) is 0.275. The highest BCUT2D eigenvalue weighted by molar-refractivity contribution is 5.85. The smallest absolute Gasteiger partial charge is 0.0587 e. The van der Waals surface area contributed by atoms with E-state index in [0.29, 0.717) is 0 Å². The van der Waals surface area contributed by atoms with Crippen LogP contribution in [0.2, 0.25) is 0 Å². The molecule has 17 heavy (non-hydrogen) atoms. The minimum absolute atomic E-state index is 0. The van der Waals surface area contributed by atoms with E-state index < -0.39 is 0 Å². The first-order valence-electron chi connectivity index (χ1n) is 5.57. The van der Waals surface area contributed by atoms with Gasteiger partial charge in [0.05, 0.1) is 13.2 Å². The molecule has 4 nitrogen and oxygen atoms in total. The number of hydrogen-bond donors (Lipinski definition) is 4. The highest BCUT2D eigenvalue weighted by Gasteiger charge is 2.05. The molecule has 0 fully saturated rings. The van der Waals surface area contributed by atoms with E-state index in [0.717, 1.165) is 25.9 Å². The summed E-state index contributed by atoms with van der Waals surface area (Å²) in [6.07, 6.45) is 3.49. The Balaban J connectivity index is -0.000000980. The Morgan fingerprint density at radius 1 is 1.06 bits per heavy atom. The summed E-state index contributed by atoms with van der Waals surface area (Å²) in [5, 5.41) is 24.3. The second kappa shape index (κ2) is 16.2. The number of hydrogen-bond acceptors (Lipinski definition) is 4. The van der Waals surface area contributed by atoms with Crippen LogP contribution < -0.4 is 10.6 Å². The van der Waals surface area contributed by atoms with Crippen LogP contribution in [0.15, 0.2) is 12.7 Å². The summed E-state index contributed by atoms with van der Waals surface area (Å²) < 4.78 is 0. The maximum Gasteiger partial charge on any atom is 0.0587 e. The van der Waals surface area contributed by atoms with Gasteiger partial charge >= 0.3 is 0 Å². The first-order valence-corrected chi connectivity index (χ1v) is 5.57. The zero-order valence-corrected chi connectivity index (χ0v) is 12.0. The van der Waals surface area contributed by atoms with Crippen LogP contribution in [-0.2, 0) is 0 Å². The maximum absolute atomic E-state index is 8.99. The lowest BCUT2D eigenvalue weighted by Gasteiger charge is -2.17. The maximum atomic E-state index is 8.99. The van der Waals surface area contributed by atoms with Gasteiger partial charge in [-0.15, -0.1) is 31.4 Å². The molecule has 0 aliphatic rings. The van der Waals surface area contributed by atoms with Gasteiger partial charge in [-0.3, -0.25) is 0 Å². The van der Waals surface area contributed by atoms with E-state index in [9.17, 15) is 0 Å². The fraction of sp³-hybridized carbons (Fsp3) is 0.818. The van der Waals surface area contributed by atoms with Gasteiger partial charge in [0.2, 0.25) is 0 Å². The predicted octanol–water partition coefficient (Wildman–Crippen LogP) is 0.717. The molecule has 2 atom stereocenters. The average Bonchev–Trinajstić information content (AvgIpc) is 2.28. The Labute approximate surface area is 117 Å². The molecule has 0 heterocycles. The highest BCUT2D eigenvalue weighted by Crippen LogP contribution is 1.91. The Morgan fingerprint density at radius 3 is 1.88 bits per heavy atom. The van der Waals surface area contributed by atoms with E-state index >= 15 is 0 Å². The summed E-state index contributed by atoms with van der Waals surface area (Å²) in [4.78, 5) is 0. The van der Waals surface area contributed by atoms with Gasteiger partial charge in [0, 0.05) is 25.2 Å². The summed E-state index contributed by atoms with van der Waals surface area (Å²) in [7, 11) is 0. The molecule has 4 N–H and O–H groups in total. The van der Waals surface area contributed by atoms with E-state index in [4.69, 9.17) is 10.2 Å². The molecule has 0 rings (SSSR count). The van der Waals surface area contributed by atoms with E-state index in [-0.39, 0.29) is 50.1 Å². The van der Waals surface area contributed by atoms with Gasteiger partial charge < -0.3 is 20.8 Å². The van der Waals surface area contributed by atoms with Crippen molar-refractivity contribution in [2.75, 3.05) is 26.3 Å². The van der Waals surface area contributed by atoms with E-state index in [2.05, 4.69) is 17.2 Å². The zero-order chi connectivity index (χ0) is 11.5. The number of aliphatic hydroxyl groups is 2. The van der Waals surface area contributed by atoms with Crippen LogP contribution in [-0.4, -0.2) is 48.6 Å². The molecule has 0 unspecified atom stereocenters. The van der Waals surface area contributed by atoms with Crippen molar-refractivity contribution in [3.05, 3.63) is 12.7 Å². The van der Waals surface area contributed by atoms with Crippen molar-refractivity contribution in [1.29, 1.82) is 0 Å². The third kappa shape index (κ3) is 12.4. The molecule has 0 amide bonds. The monoisotopic (exact) mass is 288 g/mol. The van der Waals surface area contributed by atoms with E-state index in [1.165, 1.54) is 0 Å². The van der Waals surface area contributed by atoms with Crippen LogP contribution in [0.1, 0.15) is 19.8 Å². The molecule has 0 aromatic rings. The van der Waals surface area contributed by atoms with Gasteiger partial charge in [-0.2, -0.15) is 0 Å². The molecule has 0 aromatic carbocycles. The zero-order valence-electron chi connectivity index (χ0n) is 10.4. The number of halogens is 2. The van der Waals surface area contributed by atoms with Crippen LogP contribution in [0.5, 0.6) is 0 Å². The molecule has 0 saturated heterocycles. The van der Waals surface area contributed by atoms with Crippen molar-refractivity contribution < 1.29 is 10.2 Å². The summed E-state index contributed by atoms with van der Waals surface area (Å²) >= 11 is 0. The van der Waals surface area contributed by atoms with Crippen molar-refractivity contribution in [3.63, 3.8) is 0 Å². The molecule has 106 valence electrons. The van der Waals surface area contributed by atoms with Crippen LogP contribution in [0.4, 0.5) is 0 Å². The van der Waals surface area contributed by atoms with Gasteiger partial charge in [-0.1, -0.05) is 13.0 Å². The van der Waals surface area contributed by atoms with Crippen LogP contribution in [0.3, 0.4) is 0 Å². The summed E-state index contributed by atoms with van der Waals surface area (Å²) in [5.74, 6) is 0. The average molecular weight is 289 g/mol. The second-order valence-electron chi connectivity index (χ2n) is 3.60. The minimum atomic E-state index is 0. The molecule has 6 heteroatoms. The molecular formula is C11H26Cl2N2O2. The van der Waals surface area contributed by atoms with Crippen molar-refractivity contribution in [2.45, 2.75) is 31.8 Å². The Bertz CT molecular complexity index is 158. The first kappa shape index (κ1) is 22.3. The summed E-state index contributed by atoms with van der Waals surface area (Å²) in [6.45, 7) is 7.56. The fourth-order valence-corrected chi connectivity index (χ4v) is 1.31. The fourth-order valence-electron chi connectivity index (χ4n) is 1.31.